The summed E-state index contributed by atoms with van der Waals surface area (Å²) < 4.78 is 4.56. The standard InChI is InChI=1S/C5H7O3.U/c1-3-5(7)4(6)2-8-3;/h2,4-7H,1H2;/q-1;/t4-,5+;/m0./s1. The molecule has 50 valence electrons. The topological polar surface area (TPSA) is 49.7 Å². The van der Waals surface area contributed by atoms with Gasteiger partial charge < -0.3 is 14.9 Å². The van der Waals surface area contributed by atoms with E-state index in [1.54, 1.807) is 0 Å². The predicted octanol–water partition coefficient (Wildman–Crippen LogP) is -0.586. The van der Waals surface area contributed by atoms with Gasteiger partial charge in [0, 0.05) is 31.1 Å². The first-order chi connectivity index (χ1) is 3.72. The van der Waals surface area contributed by atoms with Crippen LogP contribution in [0, 0.1) is 37.7 Å². The Morgan fingerprint density at radius 1 is 1.56 bits per heavy atom. The Bertz CT molecular complexity index is 115. The molecule has 0 unspecified atom stereocenters. The molecule has 2 atom stereocenters. The Kier molecular flexibility index (Phi) is 3.83. The number of hydrogen-bond donors (Lipinski definition) is 2. The summed E-state index contributed by atoms with van der Waals surface area (Å²) in [6.07, 6.45) is -1.84. The Hall–Kier alpha value is 0.512. The largest absolute Gasteiger partial charge is 0.661 e. The van der Waals surface area contributed by atoms with E-state index < -0.39 is 12.2 Å². The molecule has 0 spiro atoms. The number of aliphatic hydroxyl groups is 2. The minimum absolute atomic E-state index is 0. The van der Waals surface area contributed by atoms with Gasteiger partial charge in [0.15, 0.2) is 0 Å². The summed E-state index contributed by atoms with van der Waals surface area (Å²) in [5.41, 5.74) is 0. The molecule has 1 fully saturated rings. The van der Waals surface area contributed by atoms with Crippen LogP contribution in [0.5, 0.6) is 0 Å². The molecule has 0 aromatic carbocycles. The van der Waals surface area contributed by atoms with Crippen molar-refractivity contribution in [3.05, 3.63) is 18.9 Å². The number of aliphatic hydroxyl groups excluding tert-OH is 2. The summed E-state index contributed by atoms with van der Waals surface area (Å²) in [5.74, 6) is 0.206. The molecule has 0 amide bonds. The van der Waals surface area contributed by atoms with Gasteiger partial charge in [-0.3, -0.25) is 0 Å². The van der Waals surface area contributed by atoms with E-state index in [4.69, 9.17) is 10.2 Å². The maximum absolute atomic E-state index is 8.76. The van der Waals surface area contributed by atoms with E-state index in [-0.39, 0.29) is 36.9 Å². The molecule has 0 bridgehead atoms. The van der Waals surface area contributed by atoms with E-state index >= 15 is 0 Å². The molecular weight excluding hydrogens is 346 g/mol. The first-order valence-corrected chi connectivity index (χ1v) is 2.27. The molecule has 1 heterocycles. The summed E-state index contributed by atoms with van der Waals surface area (Å²) in [6, 6.07) is 0. The maximum Gasteiger partial charge on any atom is 0.108 e. The van der Waals surface area contributed by atoms with Gasteiger partial charge in [0.05, 0.1) is 5.76 Å². The van der Waals surface area contributed by atoms with Crippen LogP contribution < -0.4 is 0 Å². The van der Waals surface area contributed by atoms with E-state index in [9.17, 15) is 0 Å². The third-order valence-electron chi connectivity index (χ3n) is 1.01. The molecule has 0 aromatic heterocycles. The fourth-order valence-corrected chi connectivity index (χ4v) is 0.492. The number of hydrogen-bond acceptors (Lipinski definition) is 3. The quantitative estimate of drug-likeness (QED) is 0.573. The van der Waals surface area contributed by atoms with Gasteiger partial charge in [0.25, 0.3) is 0 Å². The molecule has 1 rings (SSSR count). The van der Waals surface area contributed by atoms with Crippen molar-refractivity contribution in [3.8, 4) is 0 Å². The molecule has 0 aliphatic carbocycles. The van der Waals surface area contributed by atoms with Crippen molar-refractivity contribution in [2.75, 3.05) is 0 Å². The molecule has 4 heteroatoms. The molecule has 1 aliphatic heterocycles. The van der Waals surface area contributed by atoms with Gasteiger partial charge in [-0.2, -0.15) is 0 Å². The molecule has 3 nitrogen and oxygen atoms in total. The van der Waals surface area contributed by atoms with Crippen LogP contribution >= 0.6 is 0 Å². The first kappa shape index (κ1) is 9.51. The van der Waals surface area contributed by atoms with Gasteiger partial charge in [0.2, 0.25) is 0 Å². The zero-order valence-electron chi connectivity index (χ0n) is 4.74. The Morgan fingerprint density at radius 3 is 2.22 bits per heavy atom. The zero-order chi connectivity index (χ0) is 6.15. The molecule has 0 radical (unpaired) electrons. The summed E-state index contributed by atoms with van der Waals surface area (Å²) in [6.45, 7) is 4.47. The van der Waals surface area contributed by atoms with Crippen LogP contribution in [0.25, 0.3) is 0 Å². The SMILES string of the molecule is C=C1O[CH-][C@H](O)[C@@H]1O.[U]. The van der Waals surface area contributed by atoms with Crippen LogP contribution in [0.2, 0.25) is 0 Å². The summed E-state index contributed by atoms with van der Waals surface area (Å²) in [4.78, 5) is 0. The Balaban J connectivity index is 0.000000640. The molecule has 9 heavy (non-hydrogen) atoms. The van der Waals surface area contributed by atoms with Crippen molar-refractivity contribution in [2.45, 2.75) is 12.2 Å². The van der Waals surface area contributed by atoms with Crippen LogP contribution in [0.1, 0.15) is 0 Å². The second-order valence-electron chi connectivity index (χ2n) is 1.66. The number of rotatable bonds is 0. The summed E-state index contributed by atoms with van der Waals surface area (Å²) >= 11 is 0. The molecule has 0 aromatic rings. The average Bonchev–Trinajstić information content (AvgIpc) is 1.98. The number of ether oxygens (including phenoxy) is 1. The van der Waals surface area contributed by atoms with Crippen molar-refractivity contribution < 1.29 is 46.1 Å². The van der Waals surface area contributed by atoms with Crippen molar-refractivity contribution in [1.29, 1.82) is 0 Å². The van der Waals surface area contributed by atoms with Crippen molar-refractivity contribution in [3.63, 3.8) is 0 Å². The molecule has 1 aliphatic rings. The van der Waals surface area contributed by atoms with Crippen LogP contribution in [0.15, 0.2) is 12.3 Å². The van der Waals surface area contributed by atoms with Crippen LogP contribution in [0.3, 0.4) is 0 Å². The van der Waals surface area contributed by atoms with E-state index in [0.29, 0.717) is 0 Å². The zero-order valence-corrected chi connectivity index (χ0v) is 8.91. The smallest absolute Gasteiger partial charge is 0.108 e. The van der Waals surface area contributed by atoms with Gasteiger partial charge in [-0.15, -0.1) is 6.61 Å². The monoisotopic (exact) mass is 353 g/mol. The second-order valence-corrected chi connectivity index (χ2v) is 1.66. The average molecular weight is 353 g/mol. The maximum atomic E-state index is 8.76. The van der Waals surface area contributed by atoms with Crippen molar-refractivity contribution in [1.82, 2.24) is 0 Å². The van der Waals surface area contributed by atoms with Gasteiger partial charge in [0.1, 0.15) is 6.10 Å². The van der Waals surface area contributed by atoms with E-state index in [1.807, 2.05) is 0 Å². The molecule has 1 saturated heterocycles. The summed E-state index contributed by atoms with van der Waals surface area (Å²) in [7, 11) is 0. The van der Waals surface area contributed by atoms with Gasteiger partial charge in [-0.1, -0.05) is 6.58 Å². The second kappa shape index (κ2) is 3.62. The van der Waals surface area contributed by atoms with E-state index in [2.05, 4.69) is 11.3 Å². The molecule has 0 saturated carbocycles. The van der Waals surface area contributed by atoms with Crippen molar-refractivity contribution >= 4 is 0 Å². The van der Waals surface area contributed by atoms with E-state index in [1.165, 1.54) is 0 Å². The van der Waals surface area contributed by atoms with Crippen molar-refractivity contribution in [2.24, 2.45) is 0 Å². The van der Waals surface area contributed by atoms with Gasteiger partial charge >= 0.3 is 0 Å². The first-order valence-electron chi connectivity index (χ1n) is 2.27. The van der Waals surface area contributed by atoms with E-state index in [0.717, 1.165) is 6.61 Å². The Labute approximate surface area is 77.1 Å². The van der Waals surface area contributed by atoms with Crippen LogP contribution in [0.4, 0.5) is 0 Å². The molecule has 2 N–H and O–H groups in total. The Morgan fingerprint density at radius 2 is 2.11 bits per heavy atom. The fraction of sp³-hybridized carbons (Fsp3) is 0.400. The van der Waals surface area contributed by atoms with Gasteiger partial charge in [-0.05, 0) is 6.10 Å². The van der Waals surface area contributed by atoms with Crippen LogP contribution in [-0.2, 0) is 4.74 Å². The third kappa shape index (κ3) is 1.98. The molecular formula is C5H7O3U-. The fourth-order valence-electron chi connectivity index (χ4n) is 0.492. The van der Waals surface area contributed by atoms with Gasteiger partial charge in [-0.25, -0.2) is 0 Å². The third-order valence-corrected chi connectivity index (χ3v) is 1.01. The van der Waals surface area contributed by atoms with Crippen LogP contribution in [-0.4, -0.2) is 22.4 Å². The summed E-state index contributed by atoms with van der Waals surface area (Å²) in [5, 5.41) is 17.4. The normalized spacial score (nSPS) is 33.3. The minimum atomic E-state index is -0.935. The minimum Gasteiger partial charge on any atom is -0.661 e. The predicted molar refractivity (Wildman–Crippen MR) is 26.5 cm³/mol.